The first-order valence-electron chi connectivity index (χ1n) is 7.76. The van der Waals surface area contributed by atoms with Gasteiger partial charge >= 0.3 is 0 Å². The van der Waals surface area contributed by atoms with Crippen molar-refractivity contribution in [3.63, 3.8) is 0 Å². The second-order valence-electron chi connectivity index (χ2n) is 5.90. The van der Waals surface area contributed by atoms with Gasteiger partial charge in [0, 0.05) is 18.2 Å². The zero-order valence-electron chi connectivity index (χ0n) is 13.8. The molecule has 0 aliphatic carbocycles. The molecule has 2 atom stereocenters. The second-order valence-corrected chi connectivity index (χ2v) is 9.08. The number of nitrogens with two attached hydrogens (primary N) is 2. The average molecular weight is 374 g/mol. The Hall–Kier alpha value is -1.55. The number of anilines is 2. The number of amides is 1. The Kier molecular flexibility index (Phi) is 5.92. The first-order valence-corrected chi connectivity index (χ1v) is 10.6. The smallest absolute Gasteiger partial charge is 0.233 e. The molecule has 2 heterocycles. The maximum atomic E-state index is 12.7. The molecule has 1 aromatic heterocycles. The van der Waals surface area contributed by atoms with Gasteiger partial charge in [0.05, 0.1) is 17.3 Å². The molecule has 0 spiro atoms. The molecular weight excluding hydrogens is 350 g/mol. The van der Waals surface area contributed by atoms with Crippen LogP contribution in [0.3, 0.4) is 0 Å². The number of carbonyl (C=O) groups is 1. The van der Waals surface area contributed by atoms with Gasteiger partial charge in [0.15, 0.2) is 15.0 Å². The molecule has 0 radical (unpaired) electrons. The molecule has 0 aromatic carbocycles. The minimum atomic E-state index is -3.05. The van der Waals surface area contributed by atoms with Gasteiger partial charge in [-0.25, -0.2) is 18.4 Å². The van der Waals surface area contributed by atoms with Crippen molar-refractivity contribution >= 4 is 39.1 Å². The predicted octanol–water partition coefficient (Wildman–Crippen LogP) is 0.547. The summed E-state index contributed by atoms with van der Waals surface area (Å²) in [7, 11) is -3.05. The summed E-state index contributed by atoms with van der Waals surface area (Å²) < 4.78 is 23.5. The Morgan fingerprint density at radius 2 is 2.04 bits per heavy atom. The predicted molar refractivity (Wildman–Crippen MR) is 95.2 cm³/mol. The molecule has 2 rings (SSSR count). The second kappa shape index (κ2) is 7.56. The number of nitrogens with zero attached hydrogens (tertiary/aromatic N) is 3. The van der Waals surface area contributed by atoms with Crippen LogP contribution < -0.4 is 11.5 Å². The number of sulfone groups is 1. The summed E-state index contributed by atoms with van der Waals surface area (Å²) >= 11 is 1.15. The largest absolute Gasteiger partial charge is 0.383 e. The number of rotatable bonds is 6. The molecule has 1 saturated heterocycles. The highest BCUT2D eigenvalue weighted by Gasteiger charge is 2.36. The van der Waals surface area contributed by atoms with Gasteiger partial charge in [0.2, 0.25) is 5.91 Å². The summed E-state index contributed by atoms with van der Waals surface area (Å²) in [6.07, 6.45) is 1.25. The third kappa shape index (κ3) is 4.73. The monoisotopic (exact) mass is 373 g/mol. The fraction of sp³-hybridized carbons (Fsp3) is 0.643. The first-order chi connectivity index (χ1) is 11.2. The van der Waals surface area contributed by atoms with E-state index in [1.54, 1.807) is 4.90 Å². The Morgan fingerprint density at radius 3 is 2.54 bits per heavy atom. The van der Waals surface area contributed by atoms with E-state index in [0.717, 1.165) is 18.2 Å². The average Bonchev–Trinajstić information content (AvgIpc) is 2.84. The summed E-state index contributed by atoms with van der Waals surface area (Å²) in [6.45, 7) is 3.91. The van der Waals surface area contributed by atoms with Crippen LogP contribution in [0.5, 0.6) is 0 Å². The standard InChI is InChI=1S/C14H23N5O3S2/c1-3-9(2)19(10-4-5-24(21,22)8-10)13(20)7-23-14-17-11(15)6-12(16)18-14/h6,9-10H,3-5,7-8H2,1-2H3,(H4,15,16,17,18)/t9-,10+/m1/s1. The molecule has 0 unspecified atom stereocenters. The van der Waals surface area contributed by atoms with Crippen LogP contribution in [0.4, 0.5) is 11.6 Å². The van der Waals surface area contributed by atoms with E-state index in [0.29, 0.717) is 11.6 Å². The van der Waals surface area contributed by atoms with Crippen molar-refractivity contribution < 1.29 is 13.2 Å². The summed E-state index contributed by atoms with van der Waals surface area (Å²) in [5.74, 6) is 0.663. The maximum Gasteiger partial charge on any atom is 0.233 e. The van der Waals surface area contributed by atoms with Crippen LogP contribution in [0.1, 0.15) is 26.7 Å². The summed E-state index contributed by atoms with van der Waals surface area (Å²) in [5.41, 5.74) is 11.2. The van der Waals surface area contributed by atoms with E-state index in [1.165, 1.54) is 6.07 Å². The lowest BCUT2D eigenvalue weighted by molar-refractivity contribution is -0.132. The fourth-order valence-corrected chi connectivity index (χ4v) is 5.18. The molecule has 134 valence electrons. The van der Waals surface area contributed by atoms with Gasteiger partial charge in [0.1, 0.15) is 11.6 Å². The van der Waals surface area contributed by atoms with E-state index >= 15 is 0 Å². The number of thioether (sulfide) groups is 1. The molecule has 4 N–H and O–H groups in total. The molecule has 10 heteroatoms. The highest BCUT2D eigenvalue weighted by molar-refractivity contribution is 7.99. The maximum absolute atomic E-state index is 12.7. The first kappa shape index (κ1) is 18.8. The van der Waals surface area contributed by atoms with Crippen LogP contribution in [0.2, 0.25) is 0 Å². The Morgan fingerprint density at radius 1 is 1.42 bits per heavy atom. The number of hydrogen-bond acceptors (Lipinski definition) is 8. The summed E-state index contributed by atoms with van der Waals surface area (Å²) in [6, 6.07) is 1.16. The van der Waals surface area contributed by atoms with Crippen LogP contribution >= 0.6 is 11.8 Å². The van der Waals surface area contributed by atoms with E-state index in [1.807, 2.05) is 13.8 Å². The van der Waals surface area contributed by atoms with Crippen molar-refractivity contribution in [1.29, 1.82) is 0 Å². The Balaban J connectivity index is 2.08. The lowest BCUT2D eigenvalue weighted by atomic mass is 10.1. The summed E-state index contributed by atoms with van der Waals surface area (Å²) in [4.78, 5) is 22.4. The van der Waals surface area contributed by atoms with Crippen LogP contribution in [0.25, 0.3) is 0 Å². The SMILES string of the molecule is CC[C@@H](C)N(C(=O)CSc1nc(N)cc(N)n1)[C@H]1CCS(=O)(=O)C1. The van der Waals surface area contributed by atoms with E-state index in [-0.39, 0.29) is 46.9 Å². The van der Waals surface area contributed by atoms with Gasteiger partial charge in [-0.1, -0.05) is 18.7 Å². The number of aromatic nitrogens is 2. The third-order valence-corrected chi connectivity index (χ3v) is 6.61. The van der Waals surface area contributed by atoms with E-state index < -0.39 is 9.84 Å². The molecule has 0 saturated carbocycles. The highest BCUT2D eigenvalue weighted by Crippen LogP contribution is 2.24. The van der Waals surface area contributed by atoms with E-state index in [9.17, 15) is 13.2 Å². The third-order valence-electron chi connectivity index (χ3n) is 4.03. The quantitative estimate of drug-likeness (QED) is 0.545. The minimum Gasteiger partial charge on any atom is -0.383 e. The molecule has 1 fully saturated rings. The Bertz CT molecular complexity index is 690. The molecule has 1 aromatic rings. The molecule has 1 aliphatic heterocycles. The fourth-order valence-electron chi connectivity index (χ4n) is 2.73. The molecular formula is C14H23N5O3S2. The highest BCUT2D eigenvalue weighted by atomic mass is 32.2. The number of hydrogen-bond donors (Lipinski definition) is 2. The van der Waals surface area contributed by atoms with Crippen molar-refractivity contribution in [2.75, 3.05) is 28.7 Å². The number of carbonyl (C=O) groups excluding carboxylic acids is 1. The molecule has 0 bridgehead atoms. The van der Waals surface area contributed by atoms with Gasteiger partial charge in [0.25, 0.3) is 0 Å². The van der Waals surface area contributed by atoms with Gasteiger partial charge in [-0.2, -0.15) is 0 Å². The van der Waals surface area contributed by atoms with Crippen LogP contribution in [-0.2, 0) is 14.6 Å². The van der Waals surface area contributed by atoms with Crippen molar-refractivity contribution in [2.24, 2.45) is 0 Å². The number of nitrogen functional groups attached to an aromatic ring is 2. The summed E-state index contributed by atoms with van der Waals surface area (Å²) in [5, 5.41) is 0.337. The lowest BCUT2D eigenvalue weighted by Crippen LogP contribution is -2.47. The van der Waals surface area contributed by atoms with Gasteiger partial charge in [-0.15, -0.1) is 0 Å². The topological polar surface area (TPSA) is 132 Å². The van der Waals surface area contributed by atoms with Crippen molar-refractivity contribution in [3.8, 4) is 0 Å². The minimum absolute atomic E-state index is 0.0248. The van der Waals surface area contributed by atoms with Gasteiger partial charge in [-0.05, 0) is 19.8 Å². The molecule has 1 amide bonds. The van der Waals surface area contributed by atoms with Crippen LogP contribution in [-0.4, -0.2) is 58.5 Å². The van der Waals surface area contributed by atoms with E-state index in [4.69, 9.17) is 11.5 Å². The normalized spacial score (nSPS) is 20.7. The van der Waals surface area contributed by atoms with Gasteiger partial charge < -0.3 is 16.4 Å². The van der Waals surface area contributed by atoms with Crippen molar-refractivity contribution in [1.82, 2.24) is 14.9 Å². The van der Waals surface area contributed by atoms with Crippen molar-refractivity contribution in [2.45, 2.75) is 43.9 Å². The molecule has 1 aliphatic rings. The van der Waals surface area contributed by atoms with Crippen LogP contribution in [0, 0.1) is 0 Å². The lowest BCUT2D eigenvalue weighted by Gasteiger charge is -2.33. The molecule has 24 heavy (non-hydrogen) atoms. The zero-order valence-corrected chi connectivity index (χ0v) is 15.4. The Labute approximate surface area is 146 Å². The van der Waals surface area contributed by atoms with Gasteiger partial charge in [-0.3, -0.25) is 4.79 Å². The zero-order chi connectivity index (χ0) is 17.9. The molecule has 8 nitrogen and oxygen atoms in total. The van der Waals surface area contributed by atoms with Crippen LogP contribution in [0.15, 0.2) is 11.2 Å². The van der Waals surface area contributed by atoms with Crippen molar-refractivity contribution in [3.05, 3.63) is 6.07 Å². The van der Waals surface area contributed by atoms with E-state index in [2.05, 4.69) is 9.97 Å².